The van der Waals surface area contributed by atoms with E-state index in [2.05, 4.69) is 63.6 Å². The van der Waals surface area contributed by atoms with Gasteiger partial charge in [-0.15, -0.1) is 0 Å². The fourth-order valence-electron chi connectivity index (χ4n) is 2.83. The molecule has 0 spiro atoms. The van der Waals surface area contributed by atoms with E-state index in [1.165, 1.54) is 5.69 Å². The highest BCUT2D eigenvalue weighted by molar-refractivity contribution is 5.62. The fourth-order valence-corrected chi connectivity index (χ4v) is 2.83. The van der Waals surface area contributed by atoms with Gasteiger partial charge in [0.15, 0.2) is 0 Å². The summed E-state index contributed by atoms with van der Waals surface area (Å²) < 4.78 is 0. The van der Waals surface area contributed by atoms with Crippen molar-refractivity contribution >= 4 is 28.8 Å². The van der Waals surface area contributed by atoms with Crippen LogP contribution in [0.3, 0.4) is 0 Å². The second kappa shape index (κ2) is 8.34. The van der Waals surface area contributed by atoms with Gasteiger partial charge >= 0.3 is 0 Å². The summed E-state index contributed by atoms with van der Waals surface area (Å²) in [5.74, 6) is 1.35. The molecule has 0 atom stereocenters. The summed E-state index contributed by atoms with van der Waals surface area (Å²) in [6.07, 6.45) is 0. The molecule has 2 aromatic carbocycles. The molecule has 0 aliphatic carbocycles. The molecule has 0 aliphatic rings. The molecular formula is C21H25N5. The van der Waals surface area contributed by atoms with Crippen LogP contribution in [0.1, 0.15) is 19.5 Å². The largest absolute Gasteiger partial charge is 0.372 e. The number of benzene rings is 2. The minimum atomic E-state index is 0.582. The van der Waals surface area contributed by atoms with Crippen molar-refractivity contribution in [3.05, 3.63) is 66.4 Å². The quantitative estimate of drug-likeness (QED) is 0.621. The van der Waals surface area contributed by atoms with Gasteiger partial charge in [0.2, 0.25) is 5.95 Å². The monoisotopic (exact) mass is 347 g/mol. The molecule has 0 saturated heterocycles. The van der Waals surface area contributed by atoms with Gasteiger partial charge in [0.25, 0.3) is 0 Å². The van der Waals surface area contributed by atoms with Gasteiger partial charge in [-0.3, -0.25) is 0 Å². The topological polar surface area (TPSA) is 53.1 Å². The predicted molar refractivity (Wildman–Crippen MR) is 110 cm³/mol. The fraction of sp³-hybridized carbons (Fsp3) is 0.238. The van der Waals surface area contributed by atoms with Crippen LogP contribution in [0.25, 0.3) is 0 Å². The third-order valence-corrected chi connectivity index (χ3v) is 4.15. The standard InChI is InChI=1S/C21H25N5/c1-4-26(5-2)19-13-11-18(12-14-19)24-21-22-16(3)15-20(25-21)23-17-9-7-6-8-10-17/h6-15H,4-5H2,1-3H3,(H2,22,23,24,25). The number of hydrogen-bond acceptors (Lipinski definition) is 5. The lowest BCUT2D eigenvalue weighted by molar-refractivity contribution is 0.866. The van der Waals surface area contributed by atoms with E-state index >= 15 is 0 Å². The Morgan fingerprint density at radius 1 is 0.808 bits per heavy atom. The van der Waals surface area contributed by atoms with Gasteiger partial charge < -0.3 is 15.5 Å². The summed E-state index contributed by atoms with van der Waals surface area (Å²) >= 11 is 0. The second-order valence-electron chi connectivity index (χ2n) is 6.05. The maximum atomic E-state index is 4.57. The number of nitrogens with zero attached hydrogens (tertiary/aromatic N) is 3. The van der Waals surface area contributed by atoms with Crippen molar-refractivity contribution in [3.8, 4) is 0 Å². The van der Waals surface area contributed by atoms with E-state index in [1.54, 1.807) is 0 Å². The first kappa shape index (κ1) is 17.7. The number of aryl methyl sites for hydroxylation is 1. The number of anilines is 5. The van der Waals surface area contributed by atoms with E-state index in [0.717, 1.165) is 36.0 Å². The van der Waals surface area contributed by atoms with Crippen molar-refractivity contribution in [1.82, 2.24) is 9.97 Å². The van der Waals surface area contributed by atoms with Crippen LogP contribution in [0.4, 0.5) is 28.8 Å². The van der Waals surface area contributed by atoms with Crippen LogP contribution in [0.5, 0.6) is 0 Å². The maximum Gasteiger partial charge on any atom is 0.229 e. The van der Waals surface area contributed by atoms with Crippen LogP contribution in [-0.2, 0) is 0 Å². The molecular weight excluding hydrogens is 322 g/mol. The summed E-state index contributed by atoms with van der Waals surface area (Å²) in [6, 6.07) is 20.3. The first-order valence-corrected chi connectivity index (χ1v) is 8.97. The predicted octanol–water partition coefficient (Wildman–Crippen LogP) is 5.12. The molecule has 0 amide bonds. The Bertz CT molecular complexity index is 827. The Morgan fingerprint density at radius 3 is 2.12 bits per heavy atom. The Labute approximate surface area is 155 Å². The number of rotatable bonds is 7. The van der Waals surface area contributed by atoms with Gasteiger partial charge in [0.1, 0.15) is 5.82 Å². The highest BCUT2D eigenvalue weighted by Crippen LogP contribution is 2.21. The maximum absolute atomic E-state index is 4.57. The summed E-state index contributed by atoms with van der Waals surface area (Å²) in [5.41, 5.74) is 4.09. The van der Waals surface area contributed by atoms with Crippen LogP contribution in [0.2, 0.25) is 0 Å². The van der Waals surface area contributed by atoms with Gasteiger partial charge in [0, 0.05) is 41.9 Å². The van der Waals surface area contributed by atoms with Crippen LogP contribution in [0.15, 0.2) is 60.7 Å². The SMILES string of the molecule is CCN(CC)c1ccc(Nc2nc(C)cc(Nc3ccccc3)n2)cc1. The third kappa shape index (κ3) is 4.51. The van der Waals surface area contributed by atoms with Crippen LogP contribution in [0, 0.1) is 6.92 Å². The molecule has 5 heteroatoms. The Kier molecular flexibility index (Phi) is 5.69. The molecule has 1 aromatic heterocycles. The molecule has 2 N–H and O–H groups in total. The molecule has 134 valence electrons. The molecule has 0 unspecified atom stereocenters. The van der Waals surface area contributed by atoms with Crippen molar-refractivity contribution in [2.24, 2.45) is 0 Å². The first-order chi connectivity index (χ1) is 12.7. The Morgan fingerprint density at radius 2 is 1.46 bits per heavy atom. The average molecular weight is 347 g/mol. The van der Waals surface area contributed by atoms with Crippen molar-refractivity contribution in [2.45, 2.75) is 20.8 Å². The molecule has 5 nitrogen and oxygen atoms in total. The number of para-hydroxylation sites is 1. The normalized spacial score (nSPS) is 10.4. The lowest BCUT2D eigenvalue weighted by Crippen LogP contribution is -2.21. The van der Waals surface area contributed by atoms with E-state index in [4.69, 9.17) is 0 Å². The molecule has 3 aromatic rings. The van der Waals surface area contributed by atoms with Gasteiger partial charge in [0.05, 0.1) is 0 Å². The summed E-state index contributed by atoms with van der Waals surface area (Å²) in [4.78, 5) is 11.4. The van der Waals surface area contributed by atoms with Crippen LogP contribution >= 0.6 is 0 Å². The van der Waals surface area contributed by atoms with E-state index in [-0.39, 0.29) is 0 Å². The summed E-state index contributed by atoms with van der Waals surface area (Å²) in [6.45, 7) is 8.29. The van der Waals surface area contributed by atoms with Crippen LogP contribution < -0.4 is 15.5 Å². The zero-order chi connectivity index (χ0) is 18.4. The smallest absolute Gasteiger partial charge is 0.229 e. The van der Waals surface area contributed by atoms with Gasteiger partial charge in [-0.1, -0.05) is 18.2 Å². The van der Waals surface area contributed by atoms with E-state index < -0.39 is 0 Å². The highest BCUT2D eigenvalue weighted by Gasteiger charge is 2.05. The Balaban J connectivity index is 1.75. The zero-order valence-corrected chi connectivity index (χ0v) is 15.5. The van der Waals surface area contributed by atoms with Crippen molar-refractivity contribution < 1.29 is 0 Å². The number of nitrogens with one attached hydrogen (secondary N) is 2. The van der Waals surface area contributed by atoms with Gasteiger partial charge in [-0.2, -0.15) is 4.98 Å². The Hall–Kier alpha value is -3.08. The number of hydrogen-bond donors (Lipinski definition) is 2. The molecule has 0 fully saturated rings. The molecule has 0 saturated carbocycles. The van der Waals surface area contributed by atoms with Crippen molar-refractivity contribution in [2.75, 3.05) is 28.6 Å². The van der Waals surface area contributed by atoms with Crippen LogP contribution in [-0.4, -0.2) is 23.1 Å². The molecule has 0 radical (unpaired) electrons. The molecule has 0 bridgehead atoms. The van der Waals surface area contributed by atoms with E-state index in [9.17, 15) is 0 Å². The average Bonchev–Trinajstić information content (AvgIpc) is 2.64. The summed E-state index contributed by atoms with van der Waals surface area (Å²) in [7, 11) is 0. The van der Waals surface area contributed by atoms with Crippen molar-refractivity contribution in [3.63, 3.8) is 0 Å². The minimum Gasteiger partial charge on any atom is -0.372 e. The van der Waals surface area contributed by atoms with Gasteiger partial charge in [-0.05, 0) is 57.2 Å². The zero-order valence-electron chi connectivity index (χ0n) is 15.5. The third-order valence-electron chi connectivity index (χ3n) is 4.15. The van der Waals surface area contributed by atoms with E-state index in [0.29, 0.717) is 5.95 Å². The lowest BCUT2D eigenvalue weighted by Gasteiger charge is -2.21. The summed E-state index contributed by atoms with van der Waals surface area (Å²) in [5, 5.41) is 6.60. The second-order valence-corrected chi connectivity index (χ2v) is 6.05. The lowest BCUT2D eigenvalue weighted by atomic mass is 10.2. The first-order valence-electron chi connectivity index (χ1n) is 8.97. The van der Waals surface area contributed by atoms with Crippen molar-refractivity contribution in [1.29, 1.82) is 0 Å². The minimum absolute atomic E-state index is 0.582. The van der Waals surface area contributed by atoms with Gasteiger partial charge in [-0.25, -0.2) is 4.98 Å². The molecule has 1 heterocycles. The molecule has 0 aliphatic heterocycles. The molecule has 26 heavy (non-hydrogen) atoms. The number of aromatic nitrogens is 2. The molecule has 3 rings (SSSR count). The highest BCUT2D eigenvalue weighted by atomic mass is 15.1. The van der Waals surface area contributed by atoms with E-state index in [1.807, 2.05) is 43.3 Å².